The standard InChI is InChI=1S/C23H20ClN3O5S/c1-13-23(28)26-18-7-4-14(10-19(18)25-13)17-12-16(27-33(3,29)30)6-9-20(17)32-21-8-5-15(24)11-22(21)31-2/h4-12,27H,1-3H3,(H,26,28). The Kier molecular flexibility index (Phi) is 6.01. The molecule has 0 bridgehead atoms. The Bertz CT molecular complexity index is 1530. The first-order valence-corrected chi connectivity index (χ1v) is 12.0. The zero-order valence-corrected chi connectivity index (χ0v) is 19.5. The van der Waals surface area contributed by atoms with Crippen molar-refractivity contribution < 1.29 is 17.9 Å². The van der Waals surface area contributed by atoms with Crippen LogP contribution in [0.15, 0.2) is 59.4 Å². The summed E-state index contributed by atoms with van der Waals surface area (Å²) < 4.78 is 37.5. The number of hydrogen-bond acceptors (Lipinski definition) is 6. The number of halogens is 1. The number of aromatic nitrogens is 2. The number of aryl methyl sites for hydroxylation is 1. The van der Waals surface area contributed by atoms with Crippen LogP contribution in [0, 0.1) is 6.92 Å². The zero-order valence-electron chi connectivity index (χ0n) is 18.0. The molecule has 1 aromatic heterocycles. The smallest absolute Gasteiger partial charge is 0.269 e. The highest BCUT2D eigenvalue weighted by atomic mass is 35.5. The van der Waals surface area contributed by atoms with Crippen molar-refractivity contribution in [2.75, 3.05) is 18.1 Å². The molecule has 10 heteroatoms. The van der Waals surface area contributed by atoms with Crippen molar-refractivity contribution >= 4 is 38.3 Å². The monoisotopic (exact) mass is 485 g/mol. The number of hydrogen-bond donors (Lipinski definition) is 2. The molecule has 4 aromatic rings. The summed E-state index contributed by atoms with van der Waals surface area (Å²) >= 11 is 6.05. The minimum absolute atomic E-state index is 0.256. The number of anilines is 1. The van der Waals surface area contributed by atoms with E-state index in [1.165, 1.54) is 7.11 Å². The van der Waals surface area contributed by atoms with E-state index in [9.17, 15) is 13.2 Å². The second-order valence-corrected chi connectivity index (χ2v) is 9.55. The molecule has 4 rings (SSSR count). The fourth-order valence-electron chi connectivity index (χ4n) is 3.31. The van der Waals surface area contributed by atoms with Crippen LogP contribution < -0.4 is 19.8 Å². The summed E-state index contributed by atoms with van der Waals surface area (Å²) in [5.41, 5.74) is 2.94. The first-order chi connectivity index (χ1) is 15.6. The SMILES string of the molecule is COc1cc(Cl)ccc1Oc1ccc(NS(C)(=O)=O)cc1-c1ccc2[nH]c(=O)c(C)nc2c1. The van der Waals surface area contributed by atoms with Gasteiger partial charge in [-0.15, -0.1) is 0 Å². The van der Waals surface area contributed by atoms with Crippen molar-refractivity contribution in [1.29, 1.82) is 0 Å². The van der Waals surface area contributed by atoms with Crippen molar-refractivity contribution in [2.45, 2.75) is 6.92 Å². The number of fused-ring (bicyclic) bond motifs is 1. The molecular weight excluding hydrogens is 466 g/mol. The van der Waals surface area contributed by atoms with Crippen LogP contribution in [0.25, 0.3) is 22.2 Å². The van der Waals surface area contributed by atoms with Crippen molar-refractivity contribution in [2.24, 2.45) is 0 Å². The molecular formula is C23H20ClN3O5S. The van der Waals surface area contributed by atoms with Crippen molar-refractivity contribution in [1.82, 2.24) is 9.97 Å². The highest BCUT2D eigenvalue weighted by Crippen LogP contribution is 2.40. The first-order valence-electron chi connectivity index (χ1n) is 9.77. The molecule has 0 atom stereocenters. The number of methoxy groups -OCH3 is 1. The molecule has 0 radical (unpaired) electrons. The lowest BCUT2D eigenvalue weighted by molar-refractivity contribution is 0.379. The van der Waals surface area contributed by atoms with Crippen LogP contribution in [0.3, 0.4) is 0 Å². The third kappa shape index (κ3) is 5.10. The molecule has 0 saturated carbocycles. The highest BCUT2D eigenvalue weighted by molar-refractivity contribution is 7.92. The summed E-state index contributed by atoms with van der Waals surface area (Å²) in [6, 6.07) is 15.2. The minimum atomic E-state index is -3.49. The van der Waals surface area contributed by atoms with E-state index in [0.29, 0.717) is 55.8 Å². The van der Waals surface area contributed by atoms with Gasteiger partial charge in [0.2, 0.25) is 10.0 Å². The van der Waals surface area contributed by atoms with Crippen molar-refractivity contribution in [3.05, 3.63) is 75.7 Å². The Morgan fingerprint density at radius 1 is 1.00 bits per heavy atom. The fraction of sp³-hybridized carbons (Fsp3) is 0.130. The van der Waals surface area contributed by atoms with E-state index in [-0.39, 0.29) is 5.56 Å². The topological polar surface area (TPSA) is 110 Å². The number of H-pyrrole nitrogens is 1. The molecule has 1 heterocycles. The summed E-state index contributed by atoms with van der Waals surface area (Å²) in [6.07, 6.45) is 1.08. The van der Waals surface area contributed by atoms with Gasteiger partial charge < -0.3 is 14.5 Å². The number of rotatable bonds is 6. The van der Waals surface area contributed by atoms with Gasteiger partial charge in [-0.1, -0.05) is 17.7 Å². The van der Waals surface area contributed by atoms with Gasteiger partial charge >= 0.3 is 0 Å². The second-order valence-electron chi connectivity index (χ2n) is 7.37. The first kappa shape index (κ1) is 22.6. The van der Waals surface area contributed by atoms with Gasteiger partial charge in [-0.3, -0.25) is 9.52 Å². The van der Waals surface area contributed by atoms with Gasteiger partial charge in [0, 0.05) is 22.3 Å². The van der Waals surface area contributed by atoms with Crippen molar-refractivity contribution in [3.8, 4) is 28.4 Å². The van der Waals surface area contributed by atoms with E-state index in [4.69, 9.17) is 21.1 Å². The van der Waals surface area contributed by atoms with Gasteiger partial charge in [-0.2, -0.15) is 0 Å². The molecule has 0 aliphatic rings. The number of sulfonamides is 1. The Hall–Kier alpha value is -3.56. The number of benzene rings is 3. The normalized spacial score (nSPS) is 11.4. The van der Waals surface area contributed by atoms with Crippen LogP contribution in [-0.4, -0.2) is 31.8 Å². The molecule has 0 aliphatic heterocycles. The molecule has 0 aliphatic carbocycles. The summed E-state index contributed by atoms with van der Waals surface area (Å²) in [7, 11) is -1.98. The molecule has 33 heavy (non-hydrogen) atoms. The molecule has 0 saturated heterocycles. The molecule has 0 fully saturated rings. The Morgan fingerprint density at radius 3 is 2.48 bits per heavy atom. The number of aromatic amines is 1. The molecule has 0 spiro atoms. The number of ether oxygens (including phenoxy) is 2. The average molecular weight is 486 g/mol. The predicted molar refractivity (Wildman–Crippen MR) is 129 cm³/mol. The summed E-state index contributed by atoms with van der Waals surface area (Å²) in [5, 5.41) is 0.497. The Morgan fingerprint density at radius 2 is 1.76 bits per heavy atom. The average Bonchev–Trinajstić information content (AvgIpc) is 2.75. The lowest BCUT2D eigenvalue weighted by Crippen LogP contribution is -2.11. The van der Waals surface area contributed by atoms with Crippen LogP contribution >= 0.6 is 11.6 Å². The molecule has 170 valence electrons. The van der Waals surface area contributed by atoms with Crippen LogP contribution in [0.4, 0.5) is 5.69 Å². The van der Waals surface area contributed by atoms with Gasteiger partial charge in [0.1, 0.15) is 11.4 Å². The molecule has 3 aromatic carbocycles. The summed E-state index contributed by atoms with van der Waals surface area (Å²) in [4.78, 5) is 19.0. The number of nitrogens with one attached hydrogen (secondary N) is 2. The van der Waals surface area contributed by atoms with Crippen LogP contribution in [0.5, 0.6) is 17.2 Å². The van der Waals surface area contributed by atoms with Crippen LogP contribution in [0.1, 0.15) is 5.69 Å². The quantitative estimate of drug-likeness (QED) is 0.408. The van der Waals surface area contributed by atoms with Gasteiger partial charge in [0.15, 0.2) is 11.5 Å². The zero-order chi connectivity index (χ0) is 23.8. The van der Waals surface area contributed by atoms with E-state index < -0.39 is 10.0 Å². The van der Waals surface area contributed by atoms with Crippen molar-refractivity contribution in [3.63, 3.8) is 0 Å². The van der Waals surface area contributed by atoms with Gasteiger partial charge in [0.05, 0.1) is 24.4 Å². The lowest BCUT2D eigenvalue weighted by Gasteiger charge is -2.16. The third-order valence-corrected chi connectivity index (χ3v) is 5.64. The fourth-order valence-corrected chi connectivity index (χ4v) is 4.03. The molecule has 0 amide bonds. The van der Waals surface area contributed by atoms with Crippen LogP contribution in [0.2, 0.25) is 5.02 Å². The molecule has 2 N–H and O–H groups in total. The van der Waals surface area contributed by atoms with E-state index in [2.05, 4.69) is 14.7 Å². The summed E-state index contributed by atoms with van der Waals surface area (Å²) in [6.45, 7) is 1.63. The van der Waals surface area contributed by atoms with Gasteiger partial charge in [-0.05, 0) is 55.0 Å². The lowest BCUT2D eigenvalue weighted by atomic mass is 10.0. The maximum absolute atomic E-state index is 11.9. The van der Waals surface area contributed by atoms with Crippen LogP contribution in [-0.2, 0) is 10.0 Å². The van der Waals surface area contributed by atoms with E-state index >= 15 is 0 Å². The van der Waals surface area contributed by atoms with E-state index in [0.717, 1.165) is 6.26 Å². The minimum Gasteiger partial charge on any atom is -0.493 e. The maximum Gasteiger partial charge on any atom is 0.269 e. The highest BCUT2D eigenvalue weighted by Gasteiger charge is 2.15. The van der Waals surface area contributed by atoms with Gasteiger partial charge in [-0.25, -0.2) is 13.4 Å². The van der Waals surface area contributed by atoms with E-state index in [1.807, 2.05) is 0 Å². The molecule has 0 unspecified atom stereocenters. The largest absolute Gasteiger partial charge is 0.493 e. The number of nitrogens with zero attached hydrogens (tertiary/aromatic N) is 1. The molecule has 8 nitrogen and oxygen atoms in total. The predicted octanol–water partition coefficient (Wildman–Crippen LogP) is 4.72. The maximum atomic E-state index is 11.9. The second kappa shape index (κ2) is 8.76. The Balaban J connectivity index is 1.87. The van der Waals surface area contributed by atoms with E-state index in [1.54, 1.807) is 61.5 Å². The third-order valence-electron chi connectivity index (χ3n) is 4.80. The Labute approximate surface area is 195 Å². The van der Waals surface area contributed by atoms with Gasteiger partial charge in [0.25, 0.3) is 5.56 Å². The summed E-state index contributed by atoms with van der Waals surface area (Å²) in [5.74, 6) is 1.33.